The highest BCUT2D eigenvalue weighted by atomic mass is 15.3. The van der Waals surface area contributed by atoms with Gasteiger partial charge in [0.05, 0.1) is 5.69 Å². The van der Waals surface area contributed by atoms with Crippen LogP contribution in [0.1, 0.15) is 63.9 Å². The summed E-state index contributed by atoms with van der Waals surface area (Å²) in [6.45, 7) is 6.54. The van der Waals surface area contributed by atoms with Gasteiger partial charge in [0.2, 0.25) is 0 Å². The van der Waals surface area contributed by atoms with E-state index in [9.17, 15) is 0 Å². The van der Waals surface area contributed by atoms with Crippen LogP contribution in [-0.2, 0) is 5.41 Å². The molecular formula is C15H24N4. The number of hydrogen-bond acceptors (Lipinski definition) is 4. The summed E-state index contributed by atoms with van der Waals surface area (Å²) in [6, 6.07) is 1.97. The van der Waals surface area contributed by atoms with Gasteiger partial charge in [-0.3, -0.25) is 0 Å². The molecule has 1 aromatic heterocycles. The predicted octanol–water partition coefficient (Wildman–Crippen LogP) is 2.96. The number of nitrogens with zero attached hydrogens (tertiary/aromatic N) is 2. The van der Waals surface area contributed by atoms with Crippen LogP contribution >= 0.6 is 0 Å². The number of nitrogen functional groups attached to an aromatic ring is 1. The van der Waals surface area contributed by atoms with Gasteiger partial charge in [-0.2, -0.15) is 0 Å². The Morgan fingerprint density at radius 1 is 1.21 bits per heavy atom. The first-order chi connectivity index (χ1) is 8.97. The second-order valence-corrected chi connectivity index (χ2v) is 7.17. The average Bonchev–Trinajstić information content (AvgIpc) is 2.99. The van der Waals surface area contributed by atoms with Gasteiger partial charge in [0, 0.05) is 17.4 Å². The summed E-state index contributed by atoms with van der Waals surface area (Å²) in [5, 5.41) is 0. The normalized spacial score (nSPS) is 29.8. The van der Waals surface area contributed by atoms with Crippen molar-refractivity contribution in [2.75, 3.05) is 5.43 Å². The summed E-state index contributed by atoms with van der Waals surface area (Å²) < 4.78 is 0. The first-order valence-corrected chi connectivity index (χ1v) is 7.33. The van der Waals surface area contributed by atoms with Gasteiger partial charge in [-0.15, -0.1) is 0 Å². The van der Waals surface area contributed by atoms with E-state index in [1.165, 1.54) is 25.7 Å². The lowest BCUT2D eigenvalue weighted by molar-refractivity contribution is 0.402. The van der Waals surface area contributed by atoms with Crippen molar-refractivity contribution in [2.45, 2.75) is 57.8 Å². The van der Waals surface area contributed by atoms with Crippen molar-refractivity contribution in [2.24, 2.45) is 17.7 Å². The summed E-state index contributed by atoms with van der Waals surface area (Å²) in [5.74, 6) is 9.57. The molecule has 2 aliphatic carbocycles. The van der Waals surface area contributed by atoms with E-state index >= 15 is 0 Å². The summed E-state index contributed by atoms with van der Waals surface area (Å²) in [5.41, 5.74) is 3.80. The molecule has 0 spiro atoms. The molecule has 1 heterocycles. The van der Waals surface area contributed by atoms with Crippen LogP contribution in [0.2, 0.25) is 0 Å². The predicted molar refractivity (Wildman–Crippen MR) is 76.7 cm³/mol. The van der Waals surface area contributed by atoms with E-state index in [0.29, 0.717) is 5.92 Å². The number of nitrogens with two attached hydrogens (primary N) is 1. The molecule has 104 valence electrons. The molecule has 0 amide bonds. The summed E-state index contributed by atoms with van der Waals surface area (Å²) >= 11 is 0. The van der Waals surface area contributed by atoms with Gasteiger partial charge < -0.3 is 5.43 Å². The largest absolute Gasteiger partial charge is 0.308 e. The van der Waals surface area contributed by atoms with Crippen molar-refractivity contribution in [3.05, 3.63) is 17.6 Å². The molecule has 19 heavy (non-hydrogen) atoms. The van der Waals surface area contributed by atoms with Gasteiger partial charge in [-0.05, 0) is 31.1 Å². The molecule has 4 nitrogen and oxygen atoms in total. The lowest BCUT2D eigenvalue weighted by Gasteiger charge is -2.24. The molecule has 3 N–H and O–H groups in total. The third-order valence-corrected chi connectivity index (χ3v) is 4.73. The van der Waals surface area contributed by atoms with Gasteiger partial charge in [0.15, 0.2) is 0 Å². The second-order valence-electron chi connectivity index (χ2n) is 7.17. The Bertz CT molecular complexity index is 478. The molecule has 0 aliphatic heterocycles. The van der Waals surface area contributed by atoms with E-state index in [2.05, 4.69) is 31.2 Å². The number of anilines is 1. The molecule has 3 unspecified atom stereocenters. The fourth-order valence-electron chi connectivity index (χ4n) is 3.65. The van der Waals surface area contributed by atoms with Crippen molar-refractivity contribution in [3.63, 3.8) is 0 Å². The van der Waals surface area contributed by atoms with E-state index in [4.69, 9.17) is 10.8 Å². The molecule has 2 bridgehead atoms. The van der Waals surface area contributed by atoms with Crippen LogP contribution < -0.4 is 11.3 Å². The van der Waals surface area contributed by atoms with Gasteiger partial charge in [0.1, 0.15) is 11.6 Å². The SMILES string of the molecule is CC(C)(C)c1cc(NN)nc(C2CC3CCC2C3)n1. The van der Waals surface area contributed by atoms with E-state index < -0.39 is 0 Å². The highest BCUT2D eigenvalue weighted by molar-refractivity contribution is 5.37. The maximum absolute atomic E-state index is 5.57. The van der Waals surface area contributed by atoms with E-state index in [-0.39, 0.29) is 5.41 Å². The second kappa shape index (κ2) is 4.44. The third kappa shape index (κ3) is 2.34. The zero-order valence-corrected chi connectivity index (χ0v) is 12.1. The number of rotatable bonds is 2. The Kier molecular flexibility index (Phi) is 3.01. The van der Waals surface area contributed by atoms with Gasteiger partial charge in [-0.25, -0.2) is 15.8 Å². The van der Waals surface area contributed by atoms with E-state index in [1.54, 1.807) is 0 Å². The maximum Gasteiger partial charge on any atom is 0.143 e. The Balaban J connectivity index is 1.97. The Hall–Kier alpha value is -1.16. The average molecular weight is 260 g/mol. The Labute approximate surface area is 115 Å². The van der Waals surface area contributed by atoms with E-state index in [0.717, 1.165) is 29.2 Å². The highest BCUT2D eigenvalue weighted by Gasteiger charge is 2.42. The summed E-state index contributed by atoms with van der Waals surface area (Å²) in [7, 11) is 0. The molecule has 2 aliphatic rings. The number of fused-ring (bicyclic) bond motifs is 2. The maximum atomic E-state index is 5.57. The Morgan fingerprint density at radius 2 is 2.00 bits per heavy atom. The zero-order valence-electron chi connectivity index (χ0n) is 12.1. The van der Waals surface area contributed by atoms with Gasteiger partial charge >= 0.3 is 0 Å². The van der Waals surface area contributed by atoms with Gasteiger partial charge in [-0.1, -0.05) is 27.2 Å². The van der Waals surface area contributed by atoms with Crippen molar-refractivity contribution in [1.82, 2.24) is 9.97 Å². The van der Waals surface area contributed by atoms with Gasteiger partial charge in [0.25, 0.3) is 0 Å². The molecule has 4 heteroatoms. The molecule has 0 aromatic carbocycles. The number of nitrogens with one attached hydrogen (secondary N) is 1. The molecule has 0 saturated heterocycles. The summed E-state index contributed by atoms with van der Waals surface area (Å²) in [6.07, 6.45) is 5.40. The minimum absolute atomic E-state index is 0.0287. The van der Waals surface area contributed by atoms with Crippen molar-refractivity contribution < 1.29 is 0 Å². The molecule has 0 radical (unpaired) electrons. The zero-order chi connectivity index (χ0) is 13.6. The van der Waals surface area contributed by atoms with Crippen LogP contribution in [-0.4, -0.2) is 9.97 Å². The van der Waals surface area contributed by atoms with E-state index in [1.807, 2.05) is 6.07 Å². The fraction of sp³-hybridized carbons (Fsp3) is 0.733. The number of hydrazine groups is 1. The molecule has 1 aromatic rings. The molecule has 3 rings (SSSR count). The third-order valence-electron chi connectivity index (χ3n) is 4.73. The van der Waals surface area contributed by atoms with Crippen molar-refractivity contribution in [3.8, 4) is 0 Å². The topological polar surface area (TPSA) is 63.8 Å². The Morgan fingerprint density at radius 3 is 2.53 bits per heavy atom. The molecule has 2 saturated carbocycles. The quantitative estimate of drug-likeness (QED) is 0.634. The minimum Gasteiger partial charge on any atom is -0.308 e. The monoisotopic (exact) mass is 260 g/mol. The van der Waals surface area contributed by atoms with Crippen molar-refractivity contribution in [1.29, 1.82) is 0 Å². The van der Waals surface area contributed by atoms with Crippen LogP contribution in [0.25, 0.3) is 0 Å². The highest BCUT2D eigenvalue weighted by Crippen LogP contribution is 2.52. The molecule has 2 fully saturated rings. The standard InChI is InChI=1S/C15H24N4/c1-15(2,3)12-8-13(19-16)18-14(17-12)11-7-9-4-5-10(11)6-9/h8-11H,4-7,16H2,1-3H3,(H,17,18,19). The first-order valence-electron chi connectivity index (χ1n) is 7.33. The fourth-order valence-corrected chi connectivity index (χ4v) is 3.65. The number of hydrogen-bond donors (Lipinski definition) is 2. The van der Waals surface area contributed by atoms with Crippen LogP contribution in [0.15, 0.2) is 6.07 Å². The van der Waals surface area contributed by atoms with Crippen LogP contribution in [0.3, 0.4) is 0 Å². The lowest BCUT2D eigenvalue weighted by atomic mass is 9.87. The van der Waals surface area contributed by atoms with Crippen LogP contribution in [0, 0.1) is 11.8 Å². The van der Waals surface area contributed by atoms with Crippen LogP contribution in [0.4, 0.5) is 5.82 Å². The molecule has 3 atom stereocenters. The smallest absolute Gasteiger partial charge is 0.143 e. The first kappa shape index (κ1) is 12.9. The summed E-state index contributed by atoms with van der Waals surface area (Å²) in [4.78, 5) is 9.47. The van der Waals surface area contributed by atoms with Crippen LogP contribution in [0.5, 0.6) is 0 Å². The number of aromatic nitrogens is 2. The molecular weight excluding hydrogens is 236 g/mol. The minimum atomic E-state index is 0.0287. The lowest BCUT2D eigenvalue weighted by Crippen LogP contribution is -2.21. The van der Waals surface area contributed by atoms with Crippen molar-refractivity contribution >= 4 is 5.82 Å².